The van der Waals surface area contributed by atoms with Crippen LogP contribution in [0.5, 0.6) is 5.75 Å². The fourth-order valence-corrected chi connectivity index (χ4v) is 3.35. The first-order chi connectivity index (χ1) is 11.2. The van der Waals surface area contributed by atoms with Gasteiger partial charge in [-0.1, -0.05) is 35.6 Å². The van der Waals surface area contributed by atoms with Crippen molar-refractivity contribution in [1.82, 2.24) is 4.57 Å². The number of hydrogen-bond donors (Lipinski definition) is 0. The summed E-state index contributed by atoms with van der Waals surface area (Å²) in [6, 6.07) is 16.3. The molecule has 23 heavy (non-hydrogen) atoms. The van der Waals surface area contributed by atoms with Crippen LogP contribution in [0, 0.1) is 0 Å². The standard InChI is InChI=1S/C18H19N3OS/c1-13(12-14-8-10-15(22-3)11-9-14)19-20-18-21(2)16-6-4-5-7-17(16)23-18/h4-11H,12H2,1-3H3/b19-13+,20-18+. The van der Waals surface area contributed by atoms with Crippen molar-refractivity contribution in [3.63, 3.8) is 0 Å². The first-order valence-electron chi connectivity index (χ1n) is 7.42. The molecule has 3 aromatic rings. The molecule has 0 N–H and O–H groups in total. The third-order valence-electron chi connectivity index (χ3n) is 3.64. The lowest BCUT2D eigenvalue weighted by Crippen LogP contribution is -2.09. The van der Waals surface area contributed by atoms with Crippen molar-refractivity contribution < 1.29 is 4.74 Å². The average molecular weight is 325 g/mol. The minimum absolute atomic E-state index is 0.780. The van der Waals surface area contributed by atoms with E-state index in [1.165, 1.54) is 15.8 Å². The summed E-state index contributed by atoms with van der Waals surface area (Å²) < 4.78 is 8.46. The Hall–Kier alpha value is -2.40. The Morgan fingerprint density at radius 1 is 1.13 bits per heavy atom. The van der Waals surface area contributed by atoms with E-state index in [1.807, 2.05) is 38.2 Å². The van der Waals surface area contributed by atoms with Gasteiger partial charge >= 0.3 is 0 Å². The maximum Gasteiger partial charge on any atom is 0.211 e. The van der Waals surface area contributed by atoms with Crippen LogP contribution in [0.1, 0.15) is 12.5 Å². The fourth-order valence-electron chi connectivity index (χ4n) is 2.38. The summed E-state index contributed by atoms with van der Waals surface area (Å²) in [5, 5.41) is 8.81. The average Bonchev–Trinajstić information content (AvgIpc) is 2.90. The second-order valence-corrected chi connectivity index (χ2v) is 6.38. The number of nitrogens with zero attached hydrogens (tertiary/aromatic N) is 3. The van der Waals surface area contributed by atoms with Gasteiger partial charge in [0.1, 0.15) is 5.75 Å². The predicted octanol–water partition coefficient (Wildman–Crippen LogP) is 3.77. The number of thiazole rings is 1. The van der Waals surface area contributed by atoms with Crippen molar-refractivity contribution >= 4 is 27.3 Å². The van der Waals surface area contributed by atoms with Gasteiger partial charge in [0.15, 0.2) is 0 Å². The Morgan fingerprint density at radius 3 is 2.57 bits per heavy atom. The molecule has 0 fully saturated rings. The van der Waals surface area contributed by atoms with E-state index in [0.717, 1.165) is 22.7 Å². The molecule has 4 nitrogen and oxygen atoms in total. The van der Waals surface area contributed by atoms with E-state index >= 15 is 0 Å². The number of fused-ring (bicyclic) bond motifs is 1. The molecule has 3 rings (SSSR count). The number of para-hydroxylation sites is 1. The van der Waals surface area contributed by atoms with Gasteiger partial charge in [-0.15, -0.1) is 5.10 Å². The van der Waals surface area contributed by atoms with Crippen LogP contribution in [-0.4, -0.2) is 17.4 Å². The number of methoxy groups -OCH3 is 1. The molecule has 0 spiro atoms. The molecular weight excluding hydrogens is 306 g/mol. The first-order valence-corrected chi connectivity index (χ1v) is 8.23. The van der Waals surface area contributed by atoms with Crippen molar-refractivity contribution in [1.29, 1.82) is 0 Å². The molecule has 0 amide bonds. The molecule has 1 aromatic heterocycles. The lowest BCUT2D eigenvalue weighted by Gasteiger charge is -2.02. The Labute approximate surface area is 139 Å². The van der Waals surface area contributed by atoms with Crippen LogP contribution in [-0.2, 0) is 13.5 Å². The number of rotatable bonds is 4. The maximum atomic E-state index is 5.17. The van der Waals surface area contributed by atoms with Crippen molar-refractivity contribution in [2.45, 2.75) is 13.3 Å². The van der Waals surface area contributed by atoms with Gasteiger partial charge in [0.05, 0.1) is 17.3 Å². The second-order valence-electron chi connectivity index (χ2n) is 5.37. The smallest absolute Gasteiger partial charge is 0.211 e. The summed E-state index contributed by atoms with van der Waals surface area (Å²) in [6.07, 6.45) is 0.780. The van der Waals surface area contributed by atoms with Crippen molar-refractivity contribution in [3.8, 4) is 5.75 Å². The Morgan fingerprint density at radius 2 is 1.87 bits per heavy atom. The van der Waals surface area contributed by atoms with Gasteiger partial charge in [-0.3, -0.25) is 0 Å². The van der Waals surface area contributed by atoms with Crippen LogP contribution < -0.4 is 9.54 Å². The number of aryl methyl sites for hydroxylation is 1. The SMILES string of the molecule is COc1ccc(C/C(C)=N/N=c2/sc3ccccc3n2C)cc1. The molecule has 0 radical (unpaired) electrons. The van der Waals surface area contributed by atoms with E-state index in [4.69, 9.17) is 4.74 Å². The van der Waals surface area contributed by atoms with Gasteiger partial charge in [-0.25, -0.2) is 0 Å². The van der Waals surface area contributed by atoms with Crippen molar-refractivity contribution in [2.24, 2.45) is 17.3 Å². The molecule has 0 saturated carbocycles. The molecular formula is C18H19N3OS. The predicted molar refractivity (Wildman–Crippen MR) is 96.2 cm³/mol. The minimum Gasteiger partial charge on any atom is -0.497 e. The van der Waals surface area contributed by atoms with Crippen LogP contribution in [0.4, 0.5) is 0 Å². The Bertz CT molecular complexity index is 904. The topological polar surface area (TPSA) is 38.9 Å². The van der Waals surface area contributed by atoms with Gasteiger partial charge in [0, 0.05) is 19.2 Å². The molecule has 0 bridgehead atoms. The summed E-state index contributed by atoms with van der Waals surface area (Å²) in [6.45, 7) is 2.00. The van der Waals surface area contributed by atoms with Gasteiger partial charge in [-0.2, -0.15) is 5.10 Å². The number of ether oxygens (including phenoxy) is 1. The number of hydrogen-bond acceptors (Lipinski definition) is 4. The van der Waals surface area contributed by atoms with E-state index in [2.05, 4.69) is 39.0 Å². The fraction of sp³-hybridized carbons (Fsp3) is 0.222. The van der Waals surface area contributed by atoms with Gasteiger partial charge in [0.25, 0.3) is 0 Å². The molecule has 2 aromatic carbocycles. The number of aromatic nitrogens is 1. The quantitative estimate of drug-likeness (QED) is 0.531. The summed E-state index contributed by atoms with van der Waals surface area (Å²) in [4.78, 5) is 0.903. The van der Waals surface area contributed by atoms with Crippen LogP contribution in [0.3, 0.4) is 0 Å². The zero-order valence-electron chi connectivity index (χ0n) is 13.5. The van der Waals surface area contributed by atoms with Gasteiger partial charge < -0.3 is 9.30 Å². The molecule has 0 aliphatic rings. The first kappa shape index (κ1) is 15.5. The van der Waals surface area contributed by atoms with Crippen molar-refractivity contribution in [2.75, 3.05) is 7.11 Å². The molecule has 5 heteroatoms. The molecule has 0 aliphatic carbocycles. The molecule has 0 saturated heterocycles. The second kappa shape index (κ2) is 6.79. The maximum absolute atomic E-state index is 5.17. The molecule has 0 aliphatic heterocycles. The van der Waals surface area contributed by atoms with Crippen LogP contribution in [0.15, 0.2) is 58.7 Å². The monoisotopic (exact) mass is 325 g/mol. The highest BCUT2D eigenvalue weighted by molar-refractivity contribution is 7.16. The summed E-state index contributed by atoms with van der Waals surface area (Å²) >= 11 is 1.65. The lowest BCUT2D eigenvalue weighted by molar-refractivity contribution is 0.414. The normalized spacial score (nSPS) is 12.8. The minimum atomic E-state index is 0.780. The molecule has 0 unspecified atom stereocenters. The molecule has 1 heterocycles. The number of benzene rings is 2. The van der Waals surface area contributed by atoms with E-state index in [0.29, 0.717) is 0 Å². The van der Waals surface area contributed by atoms with Crippen molar-refractivity contribution in [3.05, 3.63) is 58.9 Å². The summed E-state index contributed by atoms with van der Waals surface area (Å²) in [5.41, 5.74) is 3.36. The summed E-state index contributed by atoms with van der Waals surface area (Å²) in [5.74, 6) is 0.866. The van der Waals surface area contributed by atoms with E-state index < -0.39 is 0 Å². The van der Waals surface area contributed by atoms with Crippen LogP contribution in [0.25, 0.3) is 10.2 Å². The van der Waals surface area contributed by atoms with Gasteiger partial charge in [-0.05, 0) is 36.8 Å². The largest absolute Gasteiger partial charge is 0.497 e. The Kier molecular flexibility index (Phi) is 4.57. The zero-order valence-corrected chi connectivity index (χ0v) is 14.3. The third kappa shape index (κ3) is 3.51. The van der Waals surface area contributed by atoms with E-state index in [1.54, 1.807) is 18.4 Å². The Balaban J connectivity index is 1.83. The molecule has 118 valence electrons. The van der Waals surface area contributed by atoms with Gasteiger partial charge in [0.2, 0.25) is 4.80 Å². The lowest BCUT2D eigenvalue weighted by atomic mass is 10.1. The highest BCUT2D eigenvalue weighted by Crippen LogP contribution is 2.15. The van der Waals surface area contributed by atoms with E-state index in [-0.39, 0.29) is 0 Å². The van der Waals surface area contributed by atoms with Crippen LogP contribution in [0.2, 0.25) is 0 Å². The highest BCUT2D eigenvalue weighted by atomic mass is 32.1. The third-order valence-corrected chi connectivity index (χ3v) is 4.74. The zero-order chi connectivity index (χ0) is 16.2. The van der Waals surface area contributed by atoms with E-state index in [9.17, 15) is 0 Å². The highest BCUT2D eigenvalue weighted by Gasteiger charge is 2.01. The molecule has 0 atom stereocenters. The van der Waals surface area contributed by atoms with Crippen LogP contribution >= 0.6 is 11.3 Å². The summed E-state index contributed by atoms with van der Waals surface area (Å²) in [7, 11) is 3.69.